The molecule has 0 bridgehead atoms. The first-order chi connectivity index (χ1) is 12.6. The van der Waals surface area contributed by atoms with Gasteiger partial charge in [-0.05, 0) is 57.4 Å². The highest BCUT2D eigenvalue weighted by Gasteiger charge is 2.31. The topological polar surface area (TPSA) is 50.2 Å². The Balaban J connectivity index is 1.77. The molecule has 1 aromatic heterocycles. The first kappa shape index (κ1) is 19.2. The molecule has 144 valence electrons. The van der Waals surface area contributed by atoms with Gasteiger partial charge in [0.05, 0.1) is 6.54 Å². The third kappa shape index (κ3) is 4.37. The minimum atomic E-state index is 0.131. The summed E-state index contributed by atoms with van der Waals surface area (Å²) in [6.07, 6.45) is 9.54. The van der Waals surface area contributed by atoms with Crippen molar-refractivity contribution in [1.29, 1.82) is 0 Å². The second-order valence-electron chi connectivity index (χ2n) is 8.17. The van der Waals surface area contributed by atoms with Gasteiger partial charge in [-0.1, -0.05) is 19.9 Å². The Morgan fingerprint density at radius 1 is 1.35 bits per heavy atom. The molecule has 1 aliphatic heterocycles. The molecule has 0 aromatic carbocycles. The Kier molecular flexibility index (Phi) is 6.52. The van der Waals surface area contributed by atoms with Crippen LogP contribution in [0, 0.1) is 5.92 Å². The standard InChI is InChI=1S/C21H34N4O/c1-4-12-25-19-9-8-17(22-11-10-16(2)3)15-18(19)20(23-25)21(26)24-13-6-5-7-14-24/h4,16-17,22H,1,5-15H2,2-3H3/t17-/m0/s1. The van der Waals surface area contributed by atoms with Crippen molar-refractivity contribution in [2.24, 2.45) is 5.92 Å². The molecule has 5 nitrogen and oxygen atoms in total. The Morgan fingerprint density at radius 2 is 2.12 bits per heavy atom. The van der Waals surface area contributed by atoms with Gasteiger partial charge in [-0.2, -0.15) is 5.10 Å². The van der Waals surface area contributed by atoms with Gasteiger partial charge in [-0.25, -0.2) is 0 Å². The van der Waals surface area contributed by atoms with Crippen LogP contribution in [-0.4, -0.2) is 46.3 Å². The molecule has 1 N–H and O–H groups in total. The molecule has 1 amide bonds. The molecule has 2 heterocycles. The molecule has 5 heteroatoms. The third-order valence-corrected chi connectivity index (χ3v) is 5.65. The first-order valence-corrected chi connectivity index (χ1v) is 10.3. The van der Waals surface area contributed by atoms with Crippen LogP contribution >= 0.6 is 0 Å². The van der Waals surface area contributed by atoms with E-state index in [2.05, 4.69) is 25.7 Å². The quantitative estimate of drug-likeness (QED) is 0.762. The smallest absolute Gasteiger partial charge is 0.274 e. The molecule has 26 heavy (non-hydrogen) atoms. The lowest BCUT2D eigenvalue weighted by atomic mass is 9.90. The van der Waals surface area contributed by atoms with E-state index in [1.165, 1.54) is 24.1 Å². The SMILES string of the molecule is C=CCn1nc(C(=O)N2CCCCC2)c2c1CC[C@H](NCCC(C)C)C2. The van der Waals surface area contributed by atoms with Crippen molar-refractivity contribution in [3.05, 3.63) is 29.6 Å². The van der Waals surface area contributed by atoms with Crippen LogP contribution in [0.5, 0.6) is 0 Å². The van der Waals surface area contributed by atoms with E-state index in [9.17, 15) is 4.79 Å². The van der Waals surface area contributed by atoms with Crippen molar-refractivity contribution in [2.75, 3.05) is 19.6 Å². The number of piperidine rings is 1. The predicted octanol–water partition coefficient (Wildman–Crippen LogP) is 3.19. The second-order valence-corrected chi connectivity index (χ2v) is 8.17. The number of hydrogen-bond donors (Lipinski definition) is 1. The highest BCUT2D eigenvalue weighted by Crippen LogP contribution is 2.27. The van der Waals surface area contributed by atoms with Crippen molar-refractivity contribution in [3.8, 4) is 0 Å². The van der Waals surface area contributed by atoms with Gasteiger partial charge >= 0.3 is 0 Å². The van der Waals surface area contributed by atoms with Crippen LogP contribution in [0.25, 0.3) is 0 Å². The molecule has 2 aliphatic rings. The van der Waals surface area contributed by atoms with E-state index in [1.807, 2.05) is 15.7 Å². The lowest BCUT2D eigenvalue weighted by molar-refractivity contribution is 0.0716. The van der Waals surface area contributed by atoms with Gasteiger partial charge in [-0.3, -0.25) is 9.48 Å². The number of rotatable bonds is 7. The highest BCUT2D eigenvalue weighted by atomic mass is 16.2. The zero-order valence-electron chi connectivity index (χ0n) is 16.5. The van der Waals surface area contributed by atoms with E-state index in [1.54, 1.807) is 0 Å². The summed E-state index contributed by atoms with van der Waals surface area (Å²) in [5.41, 5.74) is 3.11. The number of carbonyl (C=O) groups excluding carboxylic acids is 1. The number of allylic oxidation sites excluding steroid dienone is 1. The highest BCUT2D eigenvalue weighted by molar-refractivity contribution is 5.94. The van der Waals surface area contributed by atoms with Crippen LogP contribution in [-0.2, 0) is 19.4 Å². The zero-order chi connectivity index (χ0) is 18.5. The van der Waals surface area contributed by atoms with E-state index >= 15 is 0 Å². The number of nitrogens with zero attached hydrogens (tertiary/aromatic N) is 3. The molecule has 0 spiro atoms. The van der Waals surface area contributed by atoms with Gasteiger partial charge in [0.2, 0.25) is 0 Å². The van der Waals surface area contributed by atoms with Gasteiger partial charge in [-0.15, -0.1) is 6.58 Å². The molecule has 1 aromatic rings. The summed E-state index contributed by atoms with van der Waals surface area (Å²) in [7, 11) is 0. The van der Waals surface area contributed by atoms with Crippen molar-refractivity contribution in [3.63, 3.8) is 0 Å². The molecule has 1 fully saturated rings. The Morgan fingerprint density at radius 3 is 2.81 bits per heavy atom. The first-order valence-electron chi connectivity index (χ1n) is 10.3. The molecule has 0 radical (unpaired) electrons. The summed E-state index contributed by atoms with van der Waals surface area (Å²) in [5.74, 6) is 0.847. The van der Waals surface area contributed by atoms with Crippen LogP contribution in [0.15, 0.2) is 12.7 Å². The van der Waals surface area contributed by atoms with Crippen LogP contribution in [0.3, 0.4) is 0 Å². The lowest BCUT2D eigenvalue weighted by Gasteiger charge is -2.28. The van der Waals surface area contributed by atoms with Crippen molar-refractivity contribution in [1.82, 2.24) is 20.0 Å². The Labute approximate surface area is 157 Å². The predicted molar refractivity (Wildman–Crippen MR) is 105 cm³/mol. The van der Waals surface area contributed by atoms with Crippen LogP contribution in [0.2, 0.25) is 0 Å². The Bertz CT molecular complexity index is 628. The average Bonchev–Trinajstić information content (AvgIpc) is 3.00. The summed E-state index contributed by atoms with van der Waals surface area (Å²) >= 11 is 0. The normalized spacial score (nSPS) is 20.3. The number of amides is 1. The van der Waals surface area contributed by atoms with Crippen molar-refractivity contribution >= 4 is 5.91 Å². The molecule has 1 aliphatic carbocycles. The fourth-order valence-corrected chi connectivity index (χ4v) is 4.13. The molecule has 1 atom stereocenters. The van der Waals surface area contributed by atoms with Crippen molar-refractivity contribution < 1.29 is 4.79 Å². The number of likely N-dealkylation sites (tertiary alicyclic amines) is 1. The fourth-order valence-electron chi connectivity index (χ4n) is 4.13. The van der Waals surface area contributed by atoms with E-state index in [-0.39, 0.29) is 5.91 Å². The maximum atomic E-state index is 13.1. The monoisotopic (exact) mass is 358 g/mol. The maximum Gasteiger partial charge on any atom is 0.274 e. The van der Waals surface area contributed by atoms with Gasteiger partial charge in [0.15, 0.2) is 5.69 Å². The second kappa shape index (κ2) is 8.85. The minimum absolute atomic E-state index is 0.131. The molecule has 3 rings (SSSR count). The van der Waals surface area contributed by atoms with Gasteiger partial charge in [0, 0.05) is 30.4 Å². The largest absolute Gasteiger partial charge is 0.337 e. The summed E-state index contributed by atoms with van der Waals surface area (Å²) in [5, 5.41) is 8.42. The number of aromatic nitrogens is 2. The van der Waals surface area contributed by atoms with E-state index in [0.717, 1.165) is 51.7 Å². The molecule has 1 saturated heterocycles. The van der Waals surface area contributed by atoms with Crippen molar-refractivity contribution in [2.45, 2.75) is 71.4 Å². The Hall–Kier alpha value is -1.62. The summed E-state index contributed by atoms with van der Waals surface area (Å²) in [4.78, 5) is 15.1. The maximum absolute atomic E-state index is 13.1. The third-order valence-electron chi connectivity index (χ3n) is 5.65. The average molecular weight is 359 g/mol. The summed E-state index contributed by atoms with van der Waals surface area (Å²) in [6, 6.07) is 0.454. The summed E-state index contributed by atoms with van der Waals surface area (Å²) < 4.78 is 2.00. The number of fused-ring (bicyclic) bond motifs is 1. The van der Waals surface area contributed by atoms with Gasteiger partial charge in [0.25, 0.3) is 5.91 Å². The van der Waals surface area contributed by atoms with E-state index < -0.39 is 0 Å². The van der Waals surface area contributed by atoms with Gasteiger partial charge < -0.3 is 10.2 Å². The lowest BCUT2D eigenvalue weighted by Crippen LogP contribution is -2.38. The summed E-state index contributed by atoms with van der Waals surface area (Å²) in [6.45, 7) is 11.8. The number of nitrogens with one attached hydrogen (secondary N) is 1. The van der Waals surface area contributed by atoms with Gasteiger partial charge in [0.1, 0.15) is 0 Å². The molecular weight excluding hydrogens is 324 g/mol. The van der Waals surface area contributed by atoms with Crippen LogP contribution in [0.4, 0.5) is 0 Å². The van der Waals surface area contributed by atoms with E-state index in [4.69, 9.17) is 5.10 Å². The number of carbonyl (C=O) groups is 1. The molecule has 0 unspecified atom stereocenters. The fraction of sp³-hybridized carbons (Fsp3) is 0.714. The van der Waals surface area contributed by atoms with Crippen LogP contribution in [0.1, 0.15) is 67.7 Å². The minimum Gasteiger partial charge on any atom is -0.337 e. The zero-order valence-corrected chi connectivity index (χ0v) is 16.5. The van der Waals surface area contributed by atoms with Crippen LogP contribution < -0.4 is 5.32 Å². The molecular formula is C21H34N4O. The number of hydrogen-bond acceptors (Lipinski definition) is 3. The van der Waals surface area contributed by atoms with E-state index in [0.29, 0.717) is 24.2 Å². The molecule has 0 saturated carbocycles.